The van der Waals surface area contributed by atoms with Crippen LogP contribution in [0.4, 0.5) is 26.3 Å². The van der Waals surface area contributed by atoms with Crippen molar-refractivity contribution in [3.63, 3.8) is 0 Å². The zero-order chi connectivity index (χ0) is 26.5. The minimum atomic E-state index is -6.02. The number of hydrogen-bond acceptors (Lipinski definition) is 3. The highest BCUT2D eigenvalue weighted by atomic mass is 19.4. The molecule has 0 bridgehead atoms. The summed E-state index contributed by atoms with van der Waals surface area (Å²) < 4.78 is 82.1. The van der Waals surface area contributed by atoms with Gasteiger partial charge in [-0.1, -0.05) is 54.6 Å². The van der Waals surface area contributed by atoms with Gasteiger partial charge in [0.25, 0.3) is 11.2 Å². The van der Waals surface area contributed by atoms with Gasteiger partial charge in [0.15, 0.2) is 0 Å². The Morgan fingerprint density at radius 3 is 1.92 bits per heavy atom. The molecule has 0 radical (unpaired) electrons. The van der Waals surface area contributed by atoms with Crippen molar-refractivity contribution in [3.8, 4) is 5.69 Å². The predicted octanol–water partition coefficient (Wildman–Crippen LogP) is 5.91. The standard InChI is InChI=1S/C26H20F6N2O2/c1-15-12-18(24(36,25(27,28)29)26(30,31)32)13-16(2)22(15)34-21(14-17-8-4-3-5-9-17)33-20-11-7-6-10-19(20)23(34)35/h3-13,36H,14H2,1-2H3. The van der Waals surface area contributed by atoms with Gasteiger partial charge in [0.1, 0.15) is 5.82 Å². The smallest absolute Gasteiger partial charge is 0.369 e. The molecular weight excluding hydrogens is 486 g/mol. The Labute approximate surface area is 201 Å². The topological polar surface area (TPSA) is 55.1 Å². The lowest BCUT2D eigenvalue weighted by Gasteiger charge is -2.33. The molecule has 0 aliphatic carbocycles. The van der Waals surface area contributed by atoms with Gasteiger partial charge in [0.2, 0.25) is 0 Å². The van der Waals surface area contributed by atoms with E-state index < -0.39 is 29.1 Å². The van der Waals surface area contributed by atoms with Crippen LogP contribution in [0.25, 0.3) is 16.6 Å². The van der Waals surface area contributed by atoms with E-state index in [1.807, 2.05) is 0 Å². The summed E-state index contributed by atoms with van der Waals surface area (Å²) in [7, 11) is 0. The number of rotatable bonds is 4. The Bertz CT molecular complexity index is 1450. The largest absolute Gasteiger partial charge is 0.430 e. The van der Waals surface area contributed by atoms with E-state index in [9.17, 15) is 36.2 Å². The van der Waals surface area contributed by atoms with Crippen LogP contribution in [-0.2, 0) is 12.0 Å². The SMILES string of the molecule is Cc1cc(C(O)(C(F)(F)F)C(F)(F)F)cc(C)c1-n1c(Cc2ccccc2)nc2ccccc2c1=O. The van der Waals surface area contributed by atoms with Crippen molar-refractivity contribution in [2.45, 2.75) is 38.2 Å². The number of fused-ring (bicyclic) bond motifs is 1. The second-order valence-corrected chi connectivity index (χ2v) is 8.51. The van der Waals surface area contributed by atoms with E-state index >= 15 is 0 Å². The highest BCUT2D eigenvalue weighted by Gasteiger charge is 2.71. The minimum absolute atomic E-state index is 0.0644. The lowest BCUT2D eigenvalue weighted by atomic mass is 9.89. The van der Waals surface area contributed by atoms with Gasteiger partial charge >= 0.3 is 12.4 Å². The summed E-state index contributed by atoms with van der Waals surface area (Å²) in [4.78, 5) is 18.2. The molecule has 4 aromatic rings. The average molecular weight is 506 g/mol. The highest BCUT2D eigenvalue weighted by molar-refractivity contribution is 5.78. The number of aromatic nitrogens is 2. The second-order valence-electron chi connectivity index (χ2n) is 8.51. The molecule has 4 nitrogen and oxygen atoms in total. The number of nitrogens with zero attached hydrogens (tertiary/aromatic N) is 2. The van der Waals surface area contributed by atoms with Crippen LogP contribution in [0.3, 0.4) is 0 Å². The van der Waals surface area contributed by atoms with E-state index in [1.165, 1.54) is 18.4 Å². The molecule has 0 amide bonds. The number of halogens is 6. The summed E-state index contributed by atoms with van der Waals surface area (Å²) in [5.41, 5.74) is -5.81. The van der Waals surface area contributed by atoms with Gasteiger partial charge in [-0.3, -0.25) is 9.36 Å². The number of benzene rings is 3. The van der Waals surface area contributed by atoms with Crippen molar-refractivity contribution in [1.29, 1.82) is 0 Å². The summed E-state index contributed by atoms with van der Waals surface area (Å²) in [6.07, 6.45) is -11.9. The Hall–Kier alpha value is -3.66. The summed E-state index contributed by atoms with van der Waals surface area (Å²) >= 11 is 0. The van der Waals surface area contributed by atoms with Crippen molar-refractivity contribution >= 4 is 10.9 Å². The summed E-state index contributed by atoms with van der Waals surface area (Å²) in [6, 6.07) is 16.7. The Morgan fingerprint density at radius 2 is 1.36 bits per heavy atom. The van der Waals surface area contributed by atoms with Crippen LogP contribution in [0.2, 0.25) is 0 Å². The maximum Gasteiger partial charge on any atom is 0.430 e. The Kier molecular flexibility index (Phi) is 6.20. The summed E-state index contributed by atoms with van der Waals surface area (Å²) in [5, 5.41) is 10.1. The normalized spacial score (nSPS) is 12.8. The van der Waals surface area contributed by atoms with Gasteiger partial charge in [-0.25, -0.2) is 4.98 Å². The molecule has 1 heterocycles. The molecule has 36 heavy (non-hydrogen) atoms. The molecule has 0 unspecified atom stereocenters. The van der Waals surface area contributed by atoms with E-state index in [0.717, 1.165) is 5.56 Å². The molecule has 0 aliphatic heterocycles. The zero-order valence-electron chi connectivity index (χ0n) is 19.1. The van der Waals surface area contributed by atoms with E-state index in [2.05, 4.69) is 4.98 Å². The Balaban J connectivity index is 2.01. The van der Waals surface area contributed by atoms with Crippen LogP contribution in [0.15, 0.2) is 71.5 Å². The van der Waals surface area contributed by atoms with Crippen molar-refractivity contribution in [2.24, 2.45) is 0 Å². The number of aliphatic hydroxyl groups is 1. The van der Waals surface area contributed by atoms with Crippen LogP contribution in [0.1, 0.15) is 28.1 Å². The molecule has 1 aromatic heterocycles. The second kappa shape index (κ2) is 8.77. The first-order chi connectivity index (χ1) is 16.8. The predicted molar refractivity (Wildman–Crippen MR) is 122 cm³/mol. The van der Waals surface area contributed by atoms with Gasteiger partial charge < -0.3 is 5.11 Å². The minimum Gasteiger partial charge on any atom is -0.369 e. The lowest BCUT2D eigenvalue weighted by Crippen LogP contribution is -2.54. The number of hydrogen-bond donors (Lipinski definition) is 1. The molecule has 0 atom stereocenters. The van der Waals surface area contributed by atoms with E-state index in [1.54, 1.807) is 54.6 Å². The monoisotopic (exact) mass is 506 g/mol. The summed E-state index contributed by atoms with van der Waals surface area (Å²) in [5.74, 6) is 0.255. The molecule has 1 N–H and O–H groups in total. The fourth-order valence-electron chi connectivity index (χ4n) is 4.31. The van der Waals surface area contributed by atoms with Crippen LogP contribution < -0.4 is 5.56 Å². The van der Waals surface area contributed by atoms with Gasteiger partial charge in [-0.05, 0) is 42.7 Å². The lowest BCUT2D eigenvalue weighted by molar-refractivity contribution is -0.376. The number of para-hydroxylation sites is 1. The van der Waals surface area contributed by atoms with E-state index in [-0.39, 0.29) is 34.4 Å². The van der Waals surface area contributed by atoms with Crippen LogP contribution in [0, 0.1) is 13.8 Å². The molecular formula is C26H20F6N2O2. The Morgan fingerprint density at radius 1 is 0.833 bits per heavy atom. The van der Waals surface area contributed by atoms with Gasteiger partial charge in [-0.2, -0.15) is 26.3 Å². The maximum absolute atomic E-state index is 13.6. The highest BCUT2D eigenvalue weighted by Crippen LogP contribution is 2.50. The zero-order valence-corrected chi connectivity index (χ0v) is 19.1. The van der Waals surface area contributed by atoms with Crippen molar-refractivity contribution in [1.82, 2.24) is 9.55 Å². The third-order valence-corrected chi connectivity index (χ3v) is 6.00. The van der Waals surface area contributed by atoms with Crippen LogP contribution in [-0.4, -0.2) is 27.0 Å². The van der Waals surface area contributed by atoms with E-state index in [4.69, 9.17) is 0 Å². The van der Waals surface area contributed by atoms with Crippen LogP contribution in [0.5, 0.6) is 0 Å². The molecule has 4 rings (SSSR count). The van der Waals surface area contributed by atoms with Gasteiger partial charge in [-0.15, -0.1) is 0 Å². The van der Waals surface area contributed by atoms with Crippen LogP contribution >= 0.6 is 0 Å². The molecule has 0 aliphatic rings. The first kappa shape index (κ1) is 25.4. The quantitative estimate of drug-likeness (QED) is 0.351. The number of alkyl halides is 6. The molecule has 0 spiro atoms. The van der Waals surface area contributed by atoms with Crippen molar-refractivity contribution < 1.29 is 31.4 Å². The molecule has 0 saturated heterocycles. The van der Waals surface area contributed by atoms with Gasteiger partial charge in [0, 0.05) is 12.0 Å². The average Bonchev–Trinajstić information content (AvgIpc) is 2.79. The summed E-state index contributed by atoms with van der Waals surface area (Å²) in [6.45, 7) is 2.57. The fourth-order valence-corrected chi connectivity index (χ4v) is 4.31. The fraction of sp³-hybridized carbons (Fsp3) is 0.231. The molecule has 0 fully saturated rings. The van der Waals surface area contributed by atoms with Crippen molar-refractivity contribution in [2.75, 3.05) is 0 Å². The third-order valence-electron chi connectivity index (χ3n) is 6.00. The number of aryl methyl sites for hydroxylation is 2. The van der Waals surface area contributed by atoms with Crippen molar-refractivity contribution in [3.05, 3.63) is 105 Å². The molecule has 10 heteroatoms. The van der Waals surface area contributed by atoms with E-state index in [0.29, 0.717) is 17.6 Å². The third kappa shape index (κ3) is 4.15. The molecule has 188 valence electrons. The molecule has 0 saturated carbocycles. The first-order valence-corrected chi connectivity index (χ1v) is 10.8. The first-order valence-electron chi connectivity index (χ1n) is 10.8. The maximum atomic E-state index is 13.6. The molecule has 3 aromatic carbocycles. The van der Waals surface area contributed by atoms with Gasteiger partial charge in [0.05, 0.1) is 16.6 Å².